The molecule has 2 rings (SSSR count). The molecule has 0 radical (unpaired) electrons. The summed E-state index contributed by atoms with van der Waals surface area (Å²) in [6.07, 6.45) is 1.52. The molecule has 4 nitrogen and oxygen atoms in total. The van der Waals surface area contributed by atoms with Crippen molar-refractivity contribution < 1.29 is 14.7 Å². The quantitative estimate of drug-likeness (QED) is 0.819. The van der Waals surface area contributed by atoms with E-state index < -0.39 is 11.9 Å². The summed E-state index contributed by atoms with van der Waals surface area (Å²) in [6, 6.07) is 10.0. The summed E-state index contributed by atoms with van der Waals surface area (Å²) in [5.41, 5.74) is 1.28. The van der Waals surface area contributed by atoms with Crippen molar-refractivity contribution in [2.75, 3.05) is 18.1 Å². The van der Waals surface area contributed by atoms with Gasteiger partial charge in [0.2, 0.25) is 5.91 Å². The first kappa shape index (κ1) is 15.9. The topological polar surface area (TPSA) is 57.6 Å². The Bertz CT molecular complexity index is 492. The van der Waals surface area contributed by atoms with E-state index in [0.29, 0.717) is 18.7 Å². The number of aliphatic carboxylic acids is 1. The van der Waals surface area contributed by atoms with Crippen LogP contribution in [0.25, 0.3) is 0 Å². The van der Waals surface area contributed by atoms with Crippen molar-refractivity contribution in [3.05, 3.63) is 35.9 Å². The fraction of sp³-hybridized carbons (Fsp3) is 0.500. The van der Waals surface area contributed by atoms with Crippen LogP contribution < -0.4 is 0 Å². The lowest BCUT2D eigenvalue weighted by Crippen LogP contribution is -2.38. The first-order valence-corrected chi connectivity index (χ1v) is 8.39. The van der Waals surface area contributed by atoms with Crippen LogP contribution in [0.5, 0.6) is 0 Å². The number of nitrogens with zero attached hydrogens (tertiary/aromatic N) is 1. The minimum absolute atomic E-state index is 0.0595. The van der Waals surface area contributed by atoms with Crippen LogP contribution in [0.1, 0.15) is 18.9 Å². The highest BCUT2D eigenvalue weighted by Crippen LogP contribution is 2.25. The molecule has 2 unspecified atom stereocenters. The minimum Gasteiger partial charge on any atom is -0.481 e. The molecule has 1 N–H and O–H groups in total. The van der Waals surface area contributed by atoms with Gasteiger partial charge in [0.05, 0.1) is 11.7 Å². The zero-order valence-corrected chi connectivity index (χ0v) is 13.0. The van der Waals surface area contributed by atoms with E-state index >= 15 is 0 Å². The van der Waals surface area contributed by atoms with Crippen molar-refractivity contribution >= 4 is 23.6 Å². The lowest BCUT2D eigenvalue weighted by molar-refractivity contribution is -0.142. The van der Waals surface area contributed by atoms with Crippen molar-refractivity contribution in [3.63, 3.8) is 0 Å². The monoisotopic (exact) mass is 307 g/mol. The predicted molar refractivity (Wildman–Crippen MR) is 84.4 cm³/mol. The summed E-state index contributed by atoms with van der Waals surface area (Å²) in [5.74, 6) is 0.186. The van der Waals surface area contributed by atoms with Crippen LogP contribution in [0.15, 0.2) is 30.3 Å². The Hall–Kier alpha value is -1.49. The molecule has 2 atom stereocenters. The summed E-state index contributed by atoms with van der Waals surface area (Å²) in [5, 5.41) is 9.08. The zero-order chi connectivity index (χ0) is 15.2. The Kier molecular flexibility index (Phi) is 5.67. The van der Waals surface area contributed by atoms with Gasteiger partial charge in [0.15, 0.2) is 0 Å². The normalized spacial score (nSPS) is 21.5. The van der Waals surface area contributed by atoms with Crippen molar-refractivity contribution in [3.8, 4) is 0 Å². The Morgan fingerprint density at radius 1 is 1.33 bits per heavy atom. The summed E-state index contributed by atoms with van der Waals surface area (Å²) < 4.78 is 0. The number of rotatable bonds is 6. The van der Waals surface area contributed by atoms with E-state index in [9.17, 15) is 9.59 Å². The highest BCUT2D eigenvalue weighted by Gasteiger charge is 2.37. The van der Waals surface area contributed by atoms with Gasteiger partial charge in [-0.25, -0.2) is 0 Å². The standard InChI is InChI=1S/C16H21NO3S/c1-12-14(16(19)20)7-9-17(12)15(18)11-21-10-8-13-5-3-2-4-6-13/h2-6,12,14H,7-11H2,1H3,(H,19,20). The van der Waals surface area contributed by atoms with E-state index in [1.807, 2.05) is 25.1 Å². The van der Waals surface area contributed by atoms with Crippen LogP contribution in [-0.2, 0) is 16.0 Å². The molecule has 1 aliphatic heterocycles. The van der Waals surface area contributed by atoms with E-state index in [1.165, 1.54) is 5.56 Å². The largest absolute Gasteiger partial charge is 0.481 e. The van der Waals surface area contributed by atoms with Crippen LogP contribution in [0, 0.1) is 5.92 Å². The molecular weight excluding hydrogens is 286 g/mol. The molecule has 0 bridgehead atoms. The summed E-state index contributed by atoms with van der Waals surface area (Å²) in [4.78, 5) is 24.9. The zero-order valence-electron chi connectivity index (χ0n) is 12.2. The smallest absolute Gasteiger partial charge is 0.308 e. The van der Waals surface area contributed by atoms with E-state index in [0.717, 1.165) is 12.2 Å². The number of carbonyl (C=O) groups excluding carboxylic acids is 1. The number of aryl methyl sites for hydroxylation is 1. The summed E-state index contributed by atoms with van der Waals surface area (Å²) >= 11 is 1.62. The maximum Gasteiger partial charge on any atom is 0.308 e. The van der Waals surface area contributed by atoms with Crippen LogP contribution in [0.4, 0.5) is 0 Å². The maximum atomic E-state index is 12.1. The molecular formula is C16H21NO3S. The minimum atomic E-state index is -0.797. The second-order valence-corrected chi connectivity index (χ2v) is 6.45. The van der Waals surface area contributed by atoms with Gasteiger partial charge in [-0.1, -0.05) is 30.3 Å². The van der Waals surface area contributed by atoms with Crippen molar-refractivity contribution in [1.29, 1.82) is 0 Å². The molecule has 0 spiro atoms. The third-order valence-electron chi connectivity index (χ3n) is 4.00. The van der Waals surface area contributed by atoms with Crippen LogP contribution in [-0.4, -0.2) is 46.0 Å². The number of benzene rings is 1. The van der Waals surface area contributed by atoms with Gasteiger partial charge in [-0.05, 0) is 31.1 Å². The molecule has 1 aliphatic rings. The number of carboxylic acids is 1. The van der Waals surface area contributed by atoms with E-state index in [-0.39, 0.29) is 11.9 Å². The number of hydrogen-bond acceptors (Lipinski definition) is 3. The van der Waals surface area contributed by atoms with E-state index in [2.05, 4.69) is 12.1 Å². The van der Waals surface area contributed by atoms with Gasteiger partial charge >= 0.3 is 5.97 Å². The summed E-state index contributed by atoms with van der Waals surface area (Å²) in [6.45, 7) is 2.40. The van der Waals surface area contributed by atoms with Crippen LogP contribution in [0.2, 0.25) is 0 Å². The fourth-order valence-corrected chi connectivity index (χ4v) is 3.56. The Morgan fingerprint density at radius 3 is 2.67 bits per heavy atom. The number of likely N-dealkylation sites (tertiary alicyclic amines) is 1. The average molecular weight is 307 g/mol. The Labute approximate surface area is 129 Å². The maximum absolute atomic E-state index is 12.1. The molecule has 1 saturated heterocycles. The lowest BCUT2D eigenvalue weighted by Gasteiger charge is -2.23. The fourth-order valence-electron chi connectivity index (χ4n) is 2.70. The first-order chi connectivity index (χ1) is 10.1. The first-order valence-electron chi connectivity index (χ1n) is 7.23. The molecule has 1 fully saturated rings. The molecule has 0 aliphatic carbocycles. The third-order valence-corrected chi connectivity index (χ3v) is 4.94. The van der Waals surface area contributed by atoms with Gasteiger partial charge in [0.25, 0.3) is 0 Å². The van der Waals surface area contributed by atoms with Gasteiger partial charge in [-0.15, -0.1) is 0 Å². The van der Waals surface area contributed by atoms with Gasteiger partial charge in [-0.3, -0.25) is 9.59 Å². The third kappa shape index (κ3) is 4.24. The van der Waals surface area contributed by atoms with Gasteiger partial charge in [0, 0.05) is 12.6 Å². The Morgan fingerprint density at radius 2 is 2.05 bits per heavy atom. The molecule has 1 heterocycles. The van der Waals surface area contributed by atoms with Crippen LogP contribution >= 0.6 is 11.8 Å². The highest BCUT2D eigenvalue weighted by molar-refractivity contribution is 7.99. The molecule has 1 amide bonds. The van der Waals surface area contributed by atoms with Crippen molar-refractivity contribution in [2.45, 2.75) is 25.8 Å². The number of amides is 1. The van der Waals surface area contributed by atoms with E-state index in [4.69, 9.17) is 5.11 Å². The second-order valence-electron chi connectivity index (χ2n) is 5.35. The average Bonchev–Trinajstić information content (AvgIpc) is 2.86. The molecule has 1 aromatic rings. The predicted octanol–water partition coefficient (Wildman–Crippen LogP) is 2.28. The van der Waals surface area contributed by atoms with Crippen LogP contribution in [0.3, 0.4) is 0 Å². The molecule has 0 saturated carbocycles. The summed E-state index contributed by atoms with van der Waals surface area (Å²) in [7, 11) is 0. The van der Waals surface area contributed by atoms with Crippen molar-refractivity contribution in [2.24, 2.45) is 5.92 Å². The number of carbonyl (C=O) groups is 2. The molecule has 1 aromatic carbocycles. The number of hydrogen-bond donors (Lipinski definition) is 1. The number of carboxylic acid groups (broad SMARTS) is 1. The van der Waals surface area contributed by atoms with E-state index in [1.54, 1.807) is 16.7 Å². The Balaban J connectivity index is 1.72. The molecule has 5 heteroatoms. The van der Waals surface area contributed by atoms with Gasteiger partial charge in [0.1, 0.15) is 0 Å². The second kappa shape index (κ2) is 7.50. The molecule has 21 heavy (non-hydrogen) atoms. The molecule has 0 aromatic heterocycles. The van der Waals surface area contributed by atoms with Gasteiger partial charge < -0.3 is 10.0 Å². The highest BCUT2D eigenvalue weighted by atomic mass is 32.2. The number of thioether (sulfide) groups is 1. The SMILES string of the molecule is CC1C(C(=O)O)CCN1C(=O)CSCCc1ccccc1. The lowest BCUT2D eigenvalue weighted by atomic mass is 10.0. The van der Waals surface area contributed by atoms with Gasteiger partial charge in [-0.2, -0.15) is 11.8 Å². The van der Waals surface area contributed by atoms with Crippen molar-refractivity contribution in [1.82, 2.24) is 4.90 Å². The molecule has 114 valence electrons.